The van der Waals surface area contributed by atoms with E-state index in [9.17, 15) is 19.3 Å². The fourth-order valence-electron chi connectivity index (χ4n) is 3.42. The number of imidazole rings is 1. The zero-order chi connectivity index (χ0) is 21.7. The van der Waals surface area contributed by atoms with E-state index >= 15 is 0 Å². The normalized spacial score (nSPS) is 11.2. The molecule has 0 fully saturated rings. The molecular weight excluding hydrogens is 459 g/mol. The number of benzene rings is 2. The van der Waals surface area contributed by atoms with Crippen LogP contribution in [0.1, 0.15) is 0 Å². The van der Waals surface area contributed by atoms with Gasteiger partial charge in [0.1, 0.15) is 11.5 Å². The van der Waals surface area contributed by atoms with Crippen LogP contribution in [0.2, 0.25) is 0 Å². The first kappa shape index (κ1) is 19.8. The fourth-order valence-corrected chi connectivity index (χ4v) is 4.13. The topological polar surface area (TPSA) is 99.9 Å². The smallest absolute Gasteiger partial charge is 0.328 e. The second kappa shape index (κ2) is 7.10. The van der Waals surface area contributed by atoms with Crippen molar-refractivity contribution in [3.63, 3.8) is 0 Å². The van der Waals surface area contributed by atoms with Crippen molar-refractivity contribution in [2.24, 2.45) is 21.1 Å². The Bertz CT molecular complexity index is 1390. The number of hydrogen-bond donors (Lipinski definition) is 1. The van der Waals surface area contributed by atoms with Crippen LogP contribution < -0.4 is 11.0 Å². The van der Waals surface area contributed by atoms with Crippen molar-refractivity contribution in [1.29, 1.82) is 0 Å². The molecule has 0 aliphatic carbocycles. The van der Waals surface area contributed by atoms with Gasteiger partial charge < -0.3 is 5.32 Å². The van der Waals surface area contributed by atoms with Gasteiger partial charge in [-0.3, -0.25) is 23.9 Å². The number of hydrogen-bond acceptors (Lipinski definition) is 5. The molecule has 0 amide bonds. The average molecular weight is 475 g/mol. The molecule has 0 radical (unpaired) electrons. The SMILES string of the molecule is Cn1cc(-c2cc([N+](=O)[O-])c(Nc3cc(Br)c4c(c3)n(C)c(=O)n4C)cc2F)cn1. The Labute approximate surface area is 177 Å². The summed E-state index contributed by atoms with van der Waals surface area (Å²) in [5.74, 6) is -0.622. The number of nitro benzene ring substituents is 1. The van der Waals surface area contributed by atoms with Gasteiger partial charge in [0.15, 0.2) is 0 Å². The lowest BCUT2D eigenvalue weighted by atomic mass is 10.1. The summed E-state index contributed by atoms with van der Waals surface area (Å²) in [6, 6.07) is 5.62. The summed E-state index contributed by atoms with van der Waals surface area (Å²) in [6.45, 7) is 0. The van der Waals surface area contributed by atoms with Crippen LogP contribution in [-0.2, 0) is 21.1 Å². The van der Waals surface area contributed by atoms with Gasteiger partial charge in [-0.25, -0.2) is 9.18 Å². The first-order valence-corrected chi connectivity index (χ1v) is 9.55. The summed E-state index contributed by atoms with van der Waals surface area (Å²) in [7, 11) is 4.96. The third-order valence-corrected chi connectivity index (χ3v) is 5.50. The lowest BCUT2D eigenvalue weighted by Crippen LogP contribution is -2.19. The molecule has 0 bridgehead atoms. The Morgan fingerprint density at radius 3 is 2.53 bits per heavy atom. The van der Waals surface area contributed by atoms with Gasteiger partial charge in [-0.05, 0) is 28.1 Å². The number of fused-ring (bicyclic) bond motifs is 1. The minimum atomic E-state index is -0.622. The summed E-state index contributed by atoms with van der Waals surface area (Å²) in [6.07, 6.45) is 3.02. The van der Waals surface area contributed by atoms with Crippen LogP contribution >= 0.6 is 15.9 Å². The second-order valence-electron chi connectivity index (χ2n) is 6.86. The zero-order valence-electron chi connectivity index (χ0n) is 16.2. The van der Waals surface area contributed by atoms with E-state index in [0.29, 0.717) is 26.8 Å². The molecule has 0 aliphatic heterocycles. The lowest BCUT2D eigenvalue weighted by molar-refractivity contribution is -0.383. The van der Waals surface area contributed by atoms with Gasteiger partial charge in [-0.15, -0.1) is 0 Å². The van der Waals surface area contributed by atoms with Crippen LogP contribution in [0.4, 0.5) is 21.5 Å². The van der Waals surface area contributed by atoms with Crippen LogP contribution in [0.3, 0.4) is 0 Å². The summed E-state index contributed by atoms with van der Waals surface area (Å²) in [5.41, 5.74) is 1.80. The molecule has 0 unspecified atom stereocenters. The molecule has 4 aromatic rings. The first-order chi connectivity index (χ1) is 14.2. The predicted molar refractivity (Wildman–Crippen MR) is 114 cm³/mol. The summed E-state index contributed by atoms with van der Waals surface area (Å²) < 4.78 is 19.9. The molecule has 0 spiro atoms. The van der Waals surface area contributed by atoms with Crippen LogP contribution in [0.25, 0.3) is 22.2 Å². The molecule has 30 heavy (non-hydrogen) atoms. The number of aromatic nitrogens is 4. The van der Waals surface area contributed by atoms with E-state index in [1.807, 2.05) is 0 Å². The zero-order valence-corrected chi connectivity index (χ0v) is 17.8. The average Bonchev–Trinajstić information content (AvgIpc) is 3.19. The Hall–Kier alpha value is -3.47. The highest BCUT2D eigenvalue weighted by atomic mass is 79.9. The third-order valence-electron chi connectivity index (χ3n) is 4.89. The van der Waals surface area contributed by atoms with E-state index in [4.69, 9.17) is 0 Å². The van der Waals surface area contributed by atoms with E-state index in [2.05, 4.69) is 26.3 Å². The maximum Gasteiger partial charge on any atom is 0.328 e. The molecule has 9 nitrogen and oxygen atoms in total. The number of aryl methyl sites for hydroxylation is 3. The van der Waals surface area contributed by atoms with Crippen molar-refractivity contribution in [2.45, 2.75) is 0 Å². The molecular formula is C19H16BrFN6O3. The monoisotopic (exact) mass is 474 g/mol. The van der Waals surface area contributed by atoms with Gasteiger partial charge in [0.05, 0.1) is 22.2 Å². The maximum absolute atomic E-state index is 14.8. The number of nitrogens with one attached hydrogen (secondary N) is 1. The van der Waals surface area contributed by atoms with Crippen molar-refractivity contribution < 1.29 is 9.31 Å². The van der Waals surface area contributed by atoms with Crippen molar-refractivity contribution in [3.8, 4) is 11.1 Å². The minimum absolute atomic E-state index is 0.00248. The molecule has 2 heterocycles. The van der Waals surface area contributed by atoms with Crippen molar-refractivity contribution >= 4 is 44.0 Å². The Kier molecular flexibility index (Phi) is 4.69. The van der Waals surface area contributed by atoms with Gasteiger partial charge in [0, 0.05) is 60.8 Å². The highest BCUT2D eigenvalue weighted by Gasteiger charge is 2.21. The van der Waals surface area contributed by atoms with Crippen LogP contribution in [0, 0.1) is 15.9 Å². The number of nitro groups is 1. The van der Waals surface area contributed by atoms with E-state index in [1.165, 1.54) is 26.1 Å². The quantitative estimate of drug-likeness (QED) is 0.357. The molecule has 0 saturated heterocycles. The van der Waals surface area contributed by atoms with Gasteiger partial charge in [-0.1, -0.05) is 0 Å². The number of anilines is 2. The number of rotatable bonds is 4. The Balaban J connectivity index is 1.83. The van der Waals surface area contributed by atoms with Crippen LogP contribution in [-0.4, -0.2) is 23.8 Å². The van der Waals surface area contributed by atoms with Gasteiger partial charge in [0.25, 0.3) is 5.69 Å². The van der Waals surface area contributed by atoms with Crippen LogP contribution in [0.5, 0.6) is 0 Å². The first-order valence-electron chi connectivity index (χ1n) is 8.76. The molecule has 4 rings (SSSR count). The summed E-state index contributed by atoms with van der Waals surface area (Å²) >= 11 is 3.44. The van der Waals surface area contributed by atoms with E-state index in [1.54, 1.807) is 39.5 Å². The molecule has 11 heteroatoms. The Morgan fingerprint density at radius 2 is 1.90 bits per heavy atom. The van der Waals surface area contributed by atoms with Gasteiger partial charge >= 0.3 is 5.69 Å². The molecule has 1 N–H and O–H groups in total. The van der Waals surface area contributed by atoms with Gasteiger partial charge in [0.2, 0.25) is 0 Å². The van der Waals surface area contributed by atoms with E-state index < -0.39 is 10.7 Å². The van der Waals surface area contributed by atoms with E-state index in [0.717, 1.165) is 6.07 Å². The largest absolute Gasteiger partial charge is 0.350 e. The predicted octanol–water partition coefficient (Wildman–Crippen LogP) is 3.83. The van der Waals surface area contributed by atoms with Crippen molar-refractivity contribution in [1.82, 2.24) is 18.9 Å². The van der Waals surface area contributed by atoms with Crippen molar-refractivity contribution in [3.05, 3.63) is 67.5 Å². The minimum Gasteiger partial charge on any atom is -0.350 e. The highest BCUT2D eigenvalue weighted by Crippen LogP contribution is 2.36. The molecule has 0 aliphatic rings. The maximum atomic E-state index is 14.8. The van der Waals surface area contributed by atoms with Crippen LogP contribution in [0.15, 0.2) is 45.9 Å². The number of nitrogens with zero attached hydrogens (tertiary/aromatic N) is 5. The summed E-state index contributed by atoms with van der Waals surface area (Å²) in [5, 5.41) is 18.6. The molecule has 0 atom stereocenters. The molecule has 2 aromatic heterocycles. The molecule has 154 valence electrons. The summed E-state index contributed by atoms with van der Waals surface area (Å²) in [4.78, 5) is 23.3. The Morgan fingerprint density at radius 1 is 1.17 bits per heavy atom. The third kappa shape index (κ3) is 3.16. The fraction of sp³-hybridized carbons (Fsp3) is 0.158. The standard InChI is InChI=1S/C19H16BrFN6O3/c1-24-9-10(8-22-24)12-6-16(27(29)30)15(7-14(12)21)23-11-4-13(20)18-17(5-11)25(2)19(28)26(18)3/h4-9,23H,1-3H3. The highest BCUT2D eigenvalue weighted by molar-refractivity contribution is 9.10. The number of halogens is 2. The molecule has 2 aromatic carbocycles. The molecule has 0 saturated carbocycles. The van der Waals surface area contributed by atoms with E-state index in [-0.39, 0.29) is 22.6 Å². The van der Waals surface area contributed by atoms with Gasteiger partial charge in [-0.2, -0.15) is 5.10 Å². The van der Waals surface area contributed by atoms with Crippen molar-refractivity contribution in [2.75, 3.05) is 5.32 Å². The second-order valence-corrected chi connectivity index (χ2v) is 7.71. The lowest BCUT2D eigenvalue weighted by Gasteiger charge is -2.11.